The van der Waals surface area contributed by atoms with Crippen LogP contribution < -0.4 is 5.32 Å². The van der Waals surface area contributed by atoms with E-state index in [1.165, 1.54) is 0 Å². The maximum Gasteiger partial charge on any atom is 0.173 e. The zero-order chi connectivity index (χ0) is 21.6. The Labute approximate surface area is 175 Å². The molecule has 0 spiro atoms. The largest absolute Gasteiger partial charge is 0.507 e. The molecule has 1 atom stereocenters. The summed E-state index contributed by atoms with van der Waals surface area (Å²) in [6.07, 6.45) is 0. The number of hydrogen-bond acceptors (Lipinski definition) is 3. The number of nitrogens with zero attached hydrogens (tertiary/aromatic N) is 1. The fourth-order valence-corrected chi connectivity index (χ4v) is 4.22. The van der Waals surface area contributed by atoms with Crippen LogP contribution in [0.3, 0.4) is 0 Å². The van der Waals surface area contributed by atoms with E-state index in [1.807, 2.05) is 30.9 Å². The molecule has 2 N–H and O–H groups in total. The molecule has 4 nitrogen and oxygen atoms in total. The summed E-state index contributed by atoms with van der Waals surface area (Å²) in [4.78, 5) is 14.5. The molecule has 0 fully saturated rings. The van der Waals surface area contributed by atoms with Gasteiger partial charge in [-0.3, -0.25) is 4.79 Å². The summed E-state index contributed by atoms with van der Waals surface area (Å²) in [7, 11) is 0. The first-order valence-corrected chi connectivity index (χ1v) is 10.3. The summed E-state index contributed by atoms with van der Waals surface area (Å²) >= 11 is 5.58. The van der Waals surface area contributed by atoms with Gasteiger partial charge in [0.05, 0.1) is 6.04 Å². The Bertz CT molecular complexity index is 806. The summed E-state index contributed by atoms with van der Waals surface area (Å²) < 4.78 is 0. The number of phenolic OH excluding ortho intramolecular Hbond substituents is 1. The Morgan fingerprint density at radius 2 is 1.61 bits per heavy atom. The van der Waals surface area contributed by atoms with Crippen LogP contribution >= 0.6 is 12.2 Å². The fourth-order valence-electron chi connectivity index (χ4n) is 3.84. The SMILES string of the molecule is CCN1C(=S)NC(c2cc(C(C)(C)C)c(O)c(C(C)(C)C)c2)C(C(C)=O)=C1C. The van der Waals surface area contributed by atoms with Crippen molar-refractivity contribution in [1.29, 1.82) is 0 Å². The molecule has 0 bridgehead atoms. The van der Waals surface area contributed by atoms with Crippen LogP contribution in [-0.2, 0) is 15.6 Å². The molecule has 0 aromatic heterocycles. The third-order valence-electron chi connectivity index (χ3n) is 5.37. The van der Waals surface area contributed by atoms with Crippen LogP contribution in [-0.4, -0.2) is 27.4 Å². The normalized spacial score (nSPS) is 18.4. The third kappa shape index (κ3) is 4.09. The number of thiocarbonyl (C=S) groups is 1. The molecule has 0 amide bonds. The Hall–Kier alpha value is -1.88. The lowest BCUT2D eigenvalue weighted by atomic mass is 9.77. The summed E-state index contributed by atoms with van der Waals surface area (Å²) in [5, 5.41) is 15.0. The van der Waals surface area contributed by atoms with Crippen molar-refractivity contribution in [2.75, 3.05) is 6.54 Å². The second kappa shape index (κ2) is 7.51. The topological polar surface area (TPSA) is 52.6 Å². The van der Waals surface area contributed by atoms with Crippen molar-refractivity contribution in [3.63, 3.8) is 0 Å². The highest BCUT2D eigenvalue weighted by molar-refractivity contribution is 7.80. The first kappa shape index (κ1) is 22.4. The minimum Gasteiger partial charge on any atom is -0.507 e. The van der Waals surface area contributed by atoms with Crippen molar-refractivity contribution in [2.24, 2.45) is 0 Å². The van der Waals surface area contributed by atoms with Crippen molar-refractivity contribution < 1.29 is 9.90 Å². The summed E-state index contributed by atoms with van der Waals surface area (Å²) in [5.74, 6) is 0.362. The molecule has 1 heterocycles. The van der Waals surface area contributed by atoms with Gasteiger partial charge in [-0.05, 0) is 72.6 Å². The number of ketones is 1. The van der Waals surface area contributed by atoms with E-state index in [0.29, 0.717) is 17.4 Å². The summed E-state index contributed by atoms with van der Waals surface area (Å²) in [6.45, 7) is 18.8. The van der Waals surface area contributed by atoms with Gasteiger partial charge in [0.25, 0.3) is 0 Å². The molecule has 2 rings (SSSR count). The number of benzene rings is 1. The van der Waals surface area contributed by atoms with Gasteiger partial charge in [0, 0.05) is 17.8 Å². The molecule has 154 valence electrons. The zero-order valence-electron chi connectivity index (χ0n) is 18.7. The first-order valence-electron chi connectivity index (χ1n) is 9.87. The predicted molar refractivity (Wildman–Crippen MR) is 120 cm³/mol. The highest BCUT2D eigenvalue weighted by Gasteiger charge is 2.34. The van der Waals surface area contributed by atoms with Gasteiger partial charge in [-0.2, -0.15) is 0 Å². The highest BCUT2D eigenvalue weighted by Crippen LogP contribution is 2.42. The second-order valence-corrected chi connectivity index (χ2v) is 10.0. The van der Waals surface area contributed by atoms with Gasteiger partial charge in [0.2, 0.25) is 0 Å². The number of hydrogen-bond donors (Lipinski definition) is 2. The van der Waals surface area contributed by atoms with E-state index in [1.54, 1.807) is 6.92 Å². The number of phenols is 1. The van der Waals surface area contributed by atoms with Crippen molar-refractivity contribution >= 4 is 23.1 Å². The maximum absolute atomic E-state index is 12.6. The van der Waals surface area contributed by atoms with Crippen LogP contribution in [0.15, 0.2) is 23.4 Å². The molecule has 0 saturated carbocycles. The van der Waals surface area contributed by atoms with Crippen molar-refractivity contribution in [3.05, 3.63) is 40.1 Å². The van der Waals surface area contributed by atoms with Crippen LogP contribution in [0, 0.1) is 0 Å². The quantitative estimate of drug-likeness (QED) is 0.689. The van der Waals surface area contributed by atoms with Crippen molar-refractivity contribution in [2.45, 2.75) is 79.2 Å². The lowest BCUT2D eigenvalue weighted by molar-refractivity contribution is -0.114. The van der Waals surface area contributed by atoms with Gasteiger partial charge < -0.3 is 15.3 Å². The third-order valence-corrected chi connectivity index (χ3v) is 5.71. The van der Waals surface area contributed by atoms with E-state index in [9.17, 15) is 9.90 Å². The number of rotatable bonds is 3. The standard InChI is InChI=1S/C23H34N2O2S/c1-10-25-13(2)18(14(3)26)19(24-21(25)28)15-11-16(22(4,5)6)20(27)17(12-15)23(7,8)9/h11-12,19,27H,10H2,1-9H3,(H,24,28). The van der Waals surface area contributed by atoms with Crippen LogP contribution in [0.4, 0.5) is 0 Å². The van der Waals surface area contributed by atoms with Gasteiger partial charge in [-0.1, -0.05) is 41.5 Å². The van der Waals surface area contributed by atoms with E-state index < -0.39 is 0 Å². The Morgan fingerprint density at radius 1 is 1.14 bits per heavy atom. The Kier molecular flexibility index (Phi) is 6.01. The smallest absolute Gasteiger partial charge is 0.173 e. The van der Waals surface area contributed by atoms with Gasteiger partial charge >= 0.3 is 0 Å². The van der Waals surface area contributed by atoms with E-state index in [0.717, 1.165) is 28.0 Å². The minimum atomic E-state index is -0.324. The predicted octanol–water partition coefficient (Wildman–Crippen LogP) is 5.10. The molecule has 5 heteroatoms. The molecule has 1 aliphatic rings. The van der Waals surface area contributed by atoms with Crippen LogP contribution in [0.1, 0.15) is 85.0 Å². The molecular weight excluding hydrogens is 368 g/mol. The van der Waals surface area contributed by atoms with Gasteiger partial charge in [0.15, 0.2) is 10.9 Å². The molecule has 1 unspecified atom stereocenters. The molecule has 28 heavy (non-hydrogen) atoms. The molecule has 0 saturated heterocycles. The molecule has 0 radical (unpaired) electrons. The van der Waals surface area contributed by atoms with Crippen molar-refractivity contribution in [3.8, 4) is 5.75 Å². The van der Waals surface area contributed by atoms with Crippen LogP contribution in [0.25, 0.3) is 0 Å². The molecular formula is C23H34N2O2S. The number of aromatic hydroxyl groups is 1. The van der Waals surface area contributed by atoms with E-state index >= 15 is 0 Å². The number of allylic oxidation sites excluding steroid dienone is 1. The number of carbonyl (C=O) groups is 1. The van der Waals surface area contributed by atoms with E-state index in [4.69, 9.17) is 12.2 Å². The van der Waals surface area contributed by atoms with Gasteiger partial charge in [0.1, 0.15) is 5.75 Å². The second-order valence-electron chi connectivity index (χ2n) is 9.65. The summed E-state index contributed by atoms with van der Waals surface area (Å²) in [6, 6.07) is 3.71. The lowest BCUT2D eigenvalue weighted by Gasteiger charge is -2.38. The zero-order valence-corrected chi connectivity index (χ0v) is 19.5. The maximum atomic E-state index is 12.6. The highest BCUT2D eigenvalue weighted by atomic mass is 32.1. The van der Waals surface area contributed by atoms with Crippen molar-refractivity contribution in [1.82, 2.24) is 10.2 Å². The molecule has 1 aromatic rings. The lowest BCUT2D eigenvalue weighted by Crippen LogP contribution is -2.47. The average molecular weight is 403 g/mol. The molecule has 1 aromatic carbocycles. The van der Waals surface area contributed by atoms with E-state index in [2.05, 4.69) is 46.9 Å². The van der Waals surface area contributed by atoms with E-state index in [-0.39, 0.29) is 22.7 Å². The molecule has 0 aliphatic carbocycles. The Balaban J connectivity index is 2.81. The van der Waals surface area contributed by atoms with Crippen LogP contribution in [0.5, 0.6) is 5.75 Å². The Morgan fingerprint density at radius 3 is 1.96 bits per heavy atom. The van der Waals surface area contributed by atoms with Crippen LogP contribution in [0.2, 0.25) is 0 Å². The minimum absolute atomic E-state index is 0.0265. The molecule has 1 aliphatic heterocycles. The average Bonchev–Trinajstić information content (AvgIpc) is 2.52. The van der Waals surface area contributed by atoms with Gasteiger partial charge in [-0.15, -0.1) is 0 Å². The number of Topliss-reactive ketones (excluding diaryl/α,β-unsaturated/α-hetero) is 1. The summed E-state index contributed by atoms with van der Waals surface area (Å²) in [5.41, 5.74) is 3.85. The van der Waals surface area contributed by atoms with Gasteiger partial charge in [-0.25, -0.2) is 0 Å². The first-order chi connectivity index (χ1) is 12.7. The number of nitrogens with one attached hydrogen (secondary N) is 1. The monoisotopic (exact) mass is 402 g/mol. The fraction of sp³-hybridized carbons (Fsp3) is 0.565. The number of carbonyl (C=O) groups excluding carboxylic acids is 1.